The molecule has 0 fully saturated rings. The molecule has 0 radical (unpaired) electrons. The van der Waals surface area contributed by atoms with Crippen molar-refractivity contribution in [3.05, 3.63) is 0 Å². The molecule has 0 aliphatic heterocycles. The predicted octanol–water partition coefficient (Wildman–Crippen LogP) is -1.14. The molecule has 0 amide bonds. The lowest BCUT2D eigenvalue weighted by Crippen LogP contribution is -2.46. The fourth-order valence-electron chi connectivity index (χ4n) is 1.31. The van der Waals surface area contributed by atoms with E-state index in [9.17, 15) is 15.3 Å². The van der Waals surface area contributed by atoms with Crippen molar-refractivity contribution in [3.63, 3.8) is 0 Å². The Bertz CT molecular complexity index is 177. The Hall–Kier alpha value is -0.200. The van der Waals surface area contributed by atoms with E-state index in [2.05, 4.69) is 0 Å². The second-order valence-corrected chi connectivity index (χ2v) is 5.06. The maximum Gasteiger partial charge on any atom is 0.110 e. The van der Waals surface area contributed by atoms with Gasteiger partial charge in [0.15, 0.2) is 0 Å². The second-order valence-electron chi connectivity index (χ2n) is 5.06. The van der Waals surface area contributed by atoms with Gasteiger partial charge in [-0.05, 0) is 11.8 Å². The number of hydrogen-bond acceptors (Lipinski definition) is 5. The van der Waals surface area contributed by atoms with Crippen molar-refractivity contribution in [1.29, 1.82) is 0 Å². The Morgan fingerprint density at radius 2 is 1.27 bits per heavy atom. The fourth-order valence-corrected chi connectivity index (χ4v) is 1.31. The van der Waals surface area contributed by atoms with Crippen molar-refractivity contribution < 1.29 is 25.5 Å². The molecule has 0 unspecified atom stereocenters. The normalized spacial score (nSPS) is 20.8. The average Bonchev–Trinajstić information content (AvgIpc) is 2.11. The smallest absolute Gasteiger partial charge is 0.110 e. The molecule has 0 rings (SSSR count). The highest BCUT2D eigenvalue weighted by Crippen LogP contribution is 2.23. The van der Waals surface area contributed by atoms with Crippen LogP contribution in [0.2, 0.25) is 0 Å². The second kappa shape index (κ2) is 5.77. The van der Waals surface area contributed by atoms with Gasteiger partial charge in [-0.3, -0.25) is 0 Å². The number of hydrogen-bond donors (Lipinski definition) is 5. The Labute approximate surface area is 90.0 Å². The van der Waals surface area contributed by atoms with E-state index in [1.54, 1.807) is 0 Å². The van der Waals surface area contributed by atoms with Crippen LogP contribution in [0.3, 0.4) is 0 Å². The summed E-state index contributed by atoms with van der Waals surface area (Å²) in [4.78, 5) is 0. The summed E-state index contributed by atoms with van der Waals surface area (Å²) in [6.07, 6.45) is -5.25. The van der Waals surface area contributed by atoms with Crippen LogP contribution in [-0.4, -0.2) is 56.6 Å². The van der Waals surface area contributed by atoms with E-state index in [0.717, 1.165) is 0 Å². The van der Waals surface area contributed by atoms with Crippen LogP contribution >= 0.6 is 0 Å². The minimum absolute atomic E-state index is 0.190. The van der Waals surface area contributed by atoms with E-state index >= 15 is 0 Å². The summed E-state index contributed by atoms with van der Waals surface area (Å²) in [5.41, 5.74) is -0.190. The van der Waals surface area contributed by atoms with Gasteiger partial charge in [0.2, 0.25) is 0 Å². The summed E-state index contributed by atoms with van der Waals surface area (Å²) in [5, 5.41) is 46.0. The molecule has 92 valence electrons. The number of rotatable bonds is 5. The molecule has 0 aliphatic carbocycles. The van der Waals surface area contributed by atoms with E-state index in [1.807, 2.05) is 20.8 Å². The van der Waals surface area contributed by atoms with E-state index in [0.29, 0.717) is 6.42 Å². The van der Waals surface area contributed by atoms with Crippen LogP contribution in [0.25, 0.3) is 0 Å². The topological polar surface area (TPSA) is 101 Å². The minimum atomic E-state index is -1.53. The van der Waals surface area contributed by atoms with Crippen LogP contribution in [-0.2, 0) is 0 Å². The van der Waals surface area contributed by atoms with Gasteiger partial charge in [-0.15, -0.1) is 0 Å². The van der Waals surface area contributed by atoms with E-state index < -0.39 is 31.0 Å². The zero-order chi connectivity index (χ0) is 12.2. The largest absolute Gasteiger partial charge is 0.394 e. The van der Waals surface area contributed by atoms with Crippen LogP contribution in [0.5, 0.6) is 0 Å². The maximum absolute atomic E-state index is 9.57. The minimum Gasteiger partial charge on any atom is -0.394 e. The third-order valence-electron chi connectivity index (χ3n) is 2.15. The zero-order valence-corrected chi connectivity index (χ0v) is 9.46. The monoisotopic (exact) mass is 222 g/mol. The van der Waals surface area contributed by atoms with Gasteiger partial charge in [0.1, 0.15) is 18.3 Å². The van der Waals surface area contributed by atoms with Gasteiger partial charge >= 0.3 is 0 Å². The van der Waals surface area contributed by atoms with Crippen LogP contribution < -0.4 is 0 Å². The predicted molar refractivity (Wildman–Crippen MR) is 55.2 cm³/mol. The van der Waals surface area contributed by atoms with Gasteiger partial charge in [-0.2, -0.15) is 0 Å². The van der Waals surface area contributed by atoms with Crippen molar-refractivity contribution >= 4 is 0 Å². The van der Waals surface area contributed by atoms with Gasteiger partial charge in [0, 0.05) is 0 Å². The molecular weight excluding hydrogens is 200 g/mol. The molecule has 5 nitrogen and oxygen atoms in total. The molecular formula is C10H22O5. The highest BCUT2D eigenvalue weighted by Gasteiger charge is 2.32. The molecule has 0 aromatic carbocycles. The molecule has 0 saturated carbocycles. The first kappa shape index (κ1) is 14.8. The first-order valence-electron chi connectivity index (χ1n) is 5.02. The highest BCUT2D eigenvalue weighted by molar-refractivity contribution is 4.83. The molecule has 4 atom stereocenters. The molecule has 0 aromatic rings. The molecule has 0 bridgehead atoms. The van der Waals surface area contributed by atoms with Crippen LogP contribution in [0.15, 0.2) is 0 Å². The van der Waals surface area contributed by atoms with Gasteiger partial charge < -0.3 is 25.5 Å². The molecule has 0 heterocycles. The molecule has 5 N–H and O–H groups in total. The summed E-state index contributed by atoms with van der Waals surface area (Å²) in [7, 11) is 0. The van der Waals surface area contributed by atoms with E-state index in [1.165, 1.54) is 0 Å². The number of aliphatic hydroxyl groups is 5. The highest BCUT2D eigenvalue weighted by atomic mass is 16.4. The molecule has 0 aliphatic rings. The van der Waals surface area contributed by atoms with Crippen LogP contribution in [0, 0.1) is 5.41 Å². The quantitative estimate of drug-likeness (QED) is 0.405. The van der Waals surface area contributed by atoms with Gasteiger partial charge in [-0.25, -0.2) is 0 Å². The summed E-state index contributed by atoms with van der Waals surface area (Å²) >= 11 is 0. The van der Waals surface area contributed by atoms with Gasteiger partial charge in [0.25, 0.3) is 0 Å². The first-order chi connectivity index (χ1) is 6.69. The van der Waals surface area contributed by atoms with Gasteiger partial charge in [-0.1, -0.05) is 20.8 Å². The average molecular weight is 222 g/mol. The lowest BCUT2D eigenvalue weighted by Gasteiger charge is -2.29. The van der Waals surface area contributed by atoms with Crippen LogP contribution in [0.1, 0.15) is 27.2 Å². The molecule has 15 heavy (non-hydrogen) atoms. The zero-order valence-electron chi connectivity index (χ0n) is 9.46. The summed E-state index contributed by atoms with van der Waals surface area (Å²) in [6.45, 7) is 5.01. The van der Waals surface area contributed by atoms with Crippen molar-refractivity contribution in [2.45, 2.75) is 51.6 Å². The third kappa shape index (κ3) is 5.44. The Morgan fingerprint density at radius 3 is 1.60 bits per heavy atom. The summed E-state index contributed by atoms with van der Waals surface area (Å²) in [6, 6.07) is 0. The summed E-state index contributed by atoms with van der Waals surface area (Å²) < 4.78 is 0. The lowest BCUT2D eigenvalue weighted by atomic mass is 9.86. The Kier molecular flexibility index (Phi) is 5.69. The van der Waals surface area contributed by atoms with E-state index in [4.69, 9.17) is 10.2 Å². The Morgan fingerprint density at radius 1 is 0.867 bits per heavy atom. The van der Waals surface area contributed by atoms with Crippen molar-refractivity contribution in [3.8, 4) is 0 Å². The number of aliphatic hydroxyl groups excluding tert-OH is 5. The molecule has 0 saturated heterocycles. The maximum atomic E-state index is 9.57. The fraction of sp³-hybridized carbons (Fsp3) is 1.00. The van der Waals surface area contributed by atoms with Gasteiger partial charge in [0.05, 0.1) is 12.7 Å². The Balaban J connectivity index is 4.25. The van der Waals surface area contributed by atoms with Crippen molar-refractivity contribution in [2.24, 2.45) is 5.41 Å². The standard InChI is InChI=1S/C10H22O5/c1-10(2,3)4-6(12)8(14)9(15)7(13)5-11/h6-9,11-15H,4-5H2,1-3H3/t6-,7-,8+,9+/m0/s1. The lowest BCUT2D eigenvalue weighted by molar-refractivity contribution is -0.121. The van der Waals surface area contributed by atoms with Crippen molar-refractivity contribution in [1.82, 2.24) is 0 Å². The molecule has 0 spiro atoms. The van der Waals surface area contributed by atoms with Crippen molar-refractivity contribution in [2.75, 3.05) is 6.61 Å². The van der Waals surface area contributed by atoms with Crippen LogP contribution in [0.4, 0.5) is 0 Å². The first-order valence-corrected chi connectivity index (χ1v) is 5.02. The SMILES string of the molecule is CC(C)(C)C[C@H](O)[C@@H](O)[C@H](O)[C@@H](O)CO. The van der Waals surface area contributed by atoms with E-state index in [-0.39, 0.29) is 5.41 Å². The molecule has 0 aromatic heterocycles. The summed E-state index contributed by atoms with van der Waals surface area (Å²) in [5.74, 6) is 0. The third-order valence-corrected chi connectivity index (χ3v) is 2.15. The molecule has 5 heteroatoms.